The van der Waals surface area contributed by atoms with E-state index >= 15 is 0 Å². The molecule has 1 aliphatic rings. The van der Waals surface area contributed by atoms with Crippen LogP contribution in [-0.4, -0.2) is 11.9 Å². The summed E-state index contributed by atoms with van der Waals surface area (Å²) in [5.74, 6) is -0.128. The van der Waals surface area contributed by atoms with Gasteiger partial charge in [-0.15, -0.1) is 0 Å². The van der Waals surface area contributed by atoms with Crippen LogP contribution in [-0.2, 0) is 4.79 Å². The molecule has 0 aromatic carbocycles. The van der Waals surface area contributed by atoms with Crippen molar-refractivity contribution in [2.45, 2.75) is 18.9 Å². The quantitative estimate of drug-likeness (QED) is 0.432. The largest absolute Gasteiger partial charge is 0.273 e. The molecule has 1 aliphatic heterocycles. The predicted octanol–water partition coefficient (Wildman–Crippen LogP) is -0.197. The maximum atomic E-state index is 10.3. The minimum Gasteiger partial charge on any atom is -0.273 e. The summed E-state index contributed by atoms with van der Waals surface area (Å²) in [4.78, 5) is 10.3. The summed E-state index contributed by atoms with van der Waals surface area (Å²) < 4.78 is 0. The van der Waals surface area contributed by atoms with Crippen LogP contribution < -0.4 is 5.32 Å². The van der Waals surface area contributed by atoms with Gasteiger partial charge in [0.2, 0.25) is 5.91 Å². The molecule has 1 unspecified atom stereocenters. The van der Waals surface area contributed by atoms with Crippen molar-refractivity contribution >= 4 is 5.91 Å². The lowest BCUT2D eigenvalue weighted by molar-refractivity contribution is -0.119. The fourth-order valence-electron chi connectivity index (χ4n) is 0.657. The summed E-state index contributed by atoms with van der Waals surface area (Å²) in [7, 11) is 0. The minimum absolute atomic E-state index is 0.128. The highest BCUT2D eigenvalue weighted by molar-refractivity contribution is 5.78. The van der Waals surface area contributed by atoms with E-state index in [0.717, 1.165) is 0 Å². The number of hydrogen-bond donors (Lipinski definition) is 0. The van der Waals surface area contributed by atoms with Gasteiger partial charge in [0.25, 0.3) is 0 Å². The molecule has 41 valence electrons. The van der Waals surface area contributed by atoms with Gasteiger partial charge in [-0.05, 0) is 6.42 Å². The van der Waals surface area contributed by atoms with Gasteiger partial charge in [-0.3, -0.25) is 4.79 Å². The number of nitriles is 1. The van der Waals surface area contributed by atoms with Gasteiger partial charge in [-0.1, -0.05) is 0 Å². The normalized spacial score (nSPS) is 26.9. The van der Waals surface area contributed by atoms with Gasteiger partial charge in [0.15, 0.2) is 0 Å². The lowest BCUT2D eigenvalue weighted by Gasteiger charge is -1.88. The van der Waals surface area contributed by atoms with Gasteiger partial charge in [0, 0.05) is 6.42 Å². The zero-order valence-electron chi connectivity index (χ0n) is 4.29. The van der Waals surface area contributed by atoms with Crippen molar-refractivity contribution in [1.82, 2.24) is 5.32 Å². The Kier molecular flexibility index (Phi) is 1.17. The third-order valence-corrected chi connectivity index (χ3v) is 1.08. The SMILES string of the molecule is N#CC1CCC(=O)[N]1. The van der Waals surface area contributed by atoms with Crippen molar-refractivity contribution < 1.29 is 4.79 Å². The zero-order chi connectivity index (χ0) is 5.98. The third-order valence-electron chi connectivity index (χ3n) is 1.08. The maximum absolute atomic E-state index is 10.3. The smallest absolute Gasteiger partial charge is 0.242 e. The zero-order valence-corrected chi connectivity index (χ0v) is 4.29. The number of hydrogen-bond acceptors (Lipinski definition) is 2. The fraction of sp³-hybridized carbons (Fsp3) is 0.600. The molecule has 0 spiro atoms. The molecule has 3 heteroatoms. The van der Waals surface area contributed by atoms with E-state index in [4.69, 9.17) is 5.26 Å². The molecule has 0 aromatic rings. The number of rotatable bonds is 0. The van der Waals surface area contributed by atoms with Gasteiger partial charge < -0.3 is 0 Å². The van der Waals surface area contributed by atoms with E-state index < -0.39 is 0 Å². The first-order valence-electron chi connectivity index (χ1n) is 2.46. The molecule has 0 saturated carbocycles. The molecule has 1 fully saturated rings. The molecule has 0 bridgehead atoms. The first-order valence-corrected chi connectivity index (χ1v) is 2.46. The highest BCUT2D eigenvalue weighted by Gasteiger charge is 2.21. The second kappa shape index (κ2) is 1.83. The van der Waals surface area contributed by atoms with Gasteiger partial charge >= 0.3 is 0 Å². The summed E-state index contributed by atoms with van der Waals surface area (Å²) in [6.07, 6.45) is 1.08. The molecule has 1 rings (SSSR count). The van der Waals surface area contributed by atoms with Crippen molar-refractivity contribution in [1.29, 1.82) is 5.26 Å². The summed E-state index contributed by atoms with van der Waals surface area (Å²) in [5.41, 5.74) is 0. The van der Waals surface area contributed by atoms with Crippen LogP contribution in [0.15, 0.2) is 0 Å². The molecule has 0 aliphatic carbocycles. The Labute approximate surface area is 47.3 Å². The Hall–Kier alpha value is -1.04. The van der Waals surface area contributed by atoms with Gasteiger partial charge in [-0.25, -0.2) is 5.32 Å². The predicted molar refractivity (Wildman–Crippen MR) is 25.8 cm³/mol. The number of carbonyl (C=O) groups excluding carboxylic acids is 1. The van der Waals surface area contributed by atoms with E-state index in [0.29, 0.717) is 12.8 Å². The van der Waals surface area contributed by atoms with Crippen LogP contribution >= 0.6 is 0 Å². The van der Waals surface area contributed by atoms with Crippen LogP contribution in [0.1, 0.15) is 12.8 Å². The van der Waals surface area contributed by atoms with E-state index in [1.165, 1.54) is 0 Å². The monoisotopic (exact) mass is 109 g/mol. The van der Waals surface area contributed by atoms with E-state index in [1.807, 2.05) is 6.07 Å². The first-order chi connectivity index (χ1) is 3.83. The molecular formula is C5H5N2O. The van der Waals surface area contributed by atoms with Crippen LogP contribution in [0, 0.1) is 11.3 Å². The number of carbonyl (C=O) groups is 1. The molecule has 1 amide bonds. The number of amides is 1. The molecular weight excluding hydrogens is 104 g/mol. The van der Waals surface area contributed by atoms with Crippen molar-refractivity contribution in [3.05, 3.63) is 0 Å². The average molecular weight is 109 g/mol. The van der Waals surface area contributed by atoms with Crippen molar-refractivity contribution in [2.24, 2.45) is 0 Å². The molecule has 0 N–H and O–H groups in total. The molecule has 1 atom stereocenters. The Morgan fingerprint density at radius 1 is 1.88 bits per heavy atom. The molecule has 1 saturated heterocycles. The van der Waals surface area contributed by atoms with Crippen LogP contribution in [0.5, 0.6) is 0 Å². The van der Waals surface area contributed by atoms with Gasteiger partial charge in [0.05, 0.1) is 6.07 Å². The van der Waals surface area contributed by atoms with Crippen molar-refractivity contribution in [2.75, 3.05) is 0 Å². The molecule has 0 aromatic heterocycles. The molecule has 3 nitrogen and oxygen atoms in total. The van der Waals surface area contributed by atoms with Crippen LogP contribution in [0.4, 0.5) is 0 Å². The van der Waals surface area contributed by atoms with Gasteiger partial charge in [0.1, 0.15) is 6.04 Å². The average Bonchev–Trinajstić information content (AvgIpc) is 2.14. The Balaban J connectivity index is 2.47. The summed E-state index contributed by atoms with van der Waals surface area (Å²) >= 11 is 0. The second-order valence-corrected chi connectivity index (χ2v) is 1.71. The molecule has 1 heterocycles. The maximum Gasteiger partial charge on any atom is 0.242 e. The molecule has 1 radical (unpaired) electrons. The fourth-order valence-corrected chi connectivity index (χ4v) is 0.657. The van der Waals surface area contributed by atoms with Crippen LogP contribution in [0.2, 0.25) is 0 Å². The summed E-state index contributed by atoms with van der Waals surface area (Å²) in [6, 6.07) is 1.56. The topological polar surface area (TPSA) is 55.0 Å². The minimum atomic E-state index is -0.345. The first kappa shape index (κ1) is 5.10. The summed E-state index contributed by atoms with van der Waals surface area (Å²) in [5, 5.41) is 11.7. The standard InChI is InChI=1S/C5H5N2O/c6-3-4-1-2-5(8)7-4/h4H,1-2H2. The highest BCUT2D eigenvalue weighted by Crippen LogP contribution is 2.05. The van der Waals surface area contributed by atoms with Crippen LogP contribution in [0.25, 0.3) is 0 Å². The third kappa shape index (κ3) is 0.784. The summed E-state index contributed by atoms with van der Waals surface area (Å²) in [6.45, 7) is 0. The Bertz CT molecular complexity index is 147. The number of nitrogens with zero attached hydrogens (tertiary/aromatic N) is 2. The van der Waals surface area contributed by atoms with Crippen molar-refractivity contribution in [3.8, 4) is 6.07 Å². The Morgan fingerprint density at radius 3 is 2.88 bits per heavy atom. The second-order valence-electron chi connectivity index (χ2n) is 1.71. The highest BCUT2D eigenvalue weighted by atomic mass is 16.1. The lowest BCUT2D eigenvalue weighted by atomic mass is 10.2. The van der Waals surface area contributed by atoms with Crippen LogP contribution in [0.3, 0.4) is 0 Å². The van der Waals surface area contributed by atoms with E-state index in [-0.39, 0.29) is 11.9 Å². The molecule has 8 heavy (non-hydrogen) atoms. The van der Waals surface area contributed by atoms with E-state index in [2.05, 4.69) is 5.32 Å². The van der Waals surface area contributed by atoms with E-state index in [1.54, 1.807) is 0 Å². The van der Waals surface area contributed by atoms with Gasteiger partial charge in [-0.2, -0.15) is 5.26 Å². The lowest BCUT2D eigenvalue weighted by Crippen LogP contribution is -2.14. The van der Waals surface area contributed by atoms with E-state index in [9.17, 15) is 4.79 Å². The van der Waals surface area contributed by atoms with Crippen molar-refractivity contribution in [3.63, 3.8) is 0 Å². The Morgan fingerprint density at radius 2 is 2.62 bits per heavy atom.